The van der Waals surface area contributed by atoms with Crippen LogP contribution >= 0.6 is 35.2 Å². The van der Waals surface area contributed by atoms with Gasteiger partial charge < -0.3 is 4.74 Å². The van der Waals surface area contributed by atoms with E-state index in [2.05, 4.69) is 46.4 Å². The minimum atomic E-state index is 0.393. The van der Waals surface area contributed by atoms with E-state index in [-0.39, 0.29) is 0 Å². The number of halogens is 1. The summed E-state index contributed by atoms with van der Waals surface area (Å²) in [6, 6.07) is 7.82. The number of thiol groups is 1. The van der Waals surface area contributed by atoms with E-state index in [9.17, 15) is 0 Å². The highest BCUT2D eigenvalue weighted by Gasteiger charge is 1.90. The minimum absolute atomic E-state index is 0.393. The molecule has 0 aromatic heterocycles. The first-order valence-corrected chi connectivity index (χ1v) is 4.86. The van der Waals surface area contributed by atoms with E-state index in [0.29, 0.717) is 6.61 Å². The fourth-order valence-electron chi connectivity index (χ4n) is 0.683. The summed E-state index contributed by atoms with van der Waals surface area (Å²) < 4.78 is 6.47. The predicted octanol–water partition coefficient (Wildman–Crippen LogP) is 2.56. The van der Waals surface area contributed by atoms with Crippen LogP contribution in [-0.4, -0.2) is 6.61 Å². The molecule has 12 heavy (non-hydrogen) atoms. The summed E-state index contributed by atoms with van der Waals surface area (Å²) in [4.78, 5) is 0. The second kappa shape index (κ2) is 5.33. The van der Waals surface area contributed by atoms with Gasteiger partial charge in [0.15, 0.2) is 0 Å². The van der Waals surface area contributed by atoms with Crippen molar-refractivity contribution in [2.75, 3.05) is 6.61 Å². The van der Waals surface area contributed by atoms with Crippen LogP contribution in [0.2, 0.25) is 0 Å². The predicted molar refractivity (Wildman–Crippen MR) is 61.4 cm³/mol. The molecule has 1 aromatic carbocycles. The first-order valence-electron chi connectivity index (χ1n) is 3.33. The monoisotopic (exact) mass is 290 g/mol. The maximum absolute atomic E-state index is 5.28. The molecule has 0 amide bonds. The quantitative estimate of drug-likeness (QED) is 0.500. The van der Waals surface area contributed by atoms with E-state index in [0.717, 1.165) is 5.75 Å². The van der Waals surface area contributed by atoms with Crippen LogP contribution in [0.4, 0.5) is 0 Å². The molecule has 0 aliphatic carbocycles. The lowest BCUT2D eigenvalue weighted by atomic mass is 10.3. The third kappa shape index (κ3) is 3.37. The zero-order chi connectivity index (χ0) is 8.81. The highest BCUT2D eigenvalue weighted by Crippen LogP contribution is 2.12. The van der Waals surface area contributed by atoms with Gasteiger partial charge in [0.2, 0.25) is 0 Å². The Balaban J connectivity index is 2.51. The van der Waals surface area contributed by atoms with Crippen molar-refractivity contribution in [2.24, 2.45) is 0 Å². The number of hydrogen-bond acceptors (Lipinski definition) is 2. The molecule has 3 heteroatoms. The third-order valence-electron chi connectivity index (χ3n) is 1.20. The Morgan fingerprint density at radius 1 is 1.33 bits per heavy atom. The van der Waals surface area contributed by atoms with E-state index in [4.69, 9.17) is 4.74 Å². The first-order chi connectivity index (χ1) is 5.83. The molecule has 1 nitrogen and oxygen atoms in total. The Bertz CT molecular complexity index is 297. The zero-order valence-electron chi connectivity index (χ0n) is 6.25. The molecular formula is C9H7IOS. The van der Waals surface area contributed by atoms with E-state index in [1.165, 1.54) is 3.57 Å². The number of hydrogen-bond donors (Lipinski definition) is 1. The molecule has 0 aliphatic heterocycles. The summed E-state index contributed by atoms with van der Waals surface area (Å²) in [5.74, 6) is 3.54. The smallest absolute Gasteiger partial charge is 0.149 e. The Morgan fingerprint density at radius 2 is 2.00 bits per heavy atom. The van der Waals surface area contributed by atoms with Gasteiger partial charge in [-0.25, -0.2) is 0 Å². The van der Waals surface area contributed by atoms with Gasteiger partial charge in [-0.05, 0) is 52.1 Å². The van der Waals surface area contributed by atoms with Gasteiger partial charge in [0.1, 0.15) is 12.4 Å². The fourth-order valence-corrected chi connectivity index (χ4v) is 1.11. The van der Waals surface area contributed by atoms with Gasteiger partial charge in [-0.15, -0.1) is 0 Å². The Labute approximate surface area is 91.1 Å². The average Bonchev–Trinajstić information content (AvgIpc) is 2.09. The Kier molecular flexibility index (Phi) is 4.33. The number of rotatable bonds is 2. The lowest BCUT2D eigenvalue weighted by molar-refractivity contribution is 0.370. The van der Waals surface area contributed by atoms with E-state index >= 15 is 0 Å². The van der Waals surface area contributed by atoms with Crippen LogP contribution < -0.4 is 4.74 Å². The van der Waals surface area contributed by atoms with Crippen LogP contribution in [0.15, 0.2) is 24.3 Å². The van der Waals surface area contributed by atoms with Crippen molar-refractivity contribution in [3.63, 3.8) is 0 Å². The minimum Gasteiger partial charge on any atom is -0.481 e. The molecule has 1 aromatic rings. The molecule has 0 spiro atoms. The van der Waals surface area contributed by atoms with Gasteiger partial charge in [0.05, 0.1) is 0 Å². The van der Waals surface area contributed by atoms with Crippen LogP contribution in [0.3, 0.4) is 0 Å². The maximum atomic E-state index is 5.28. The molecule has 0 heterocycles. The van der Waals surface area contributed by atoms with Crippen LogP contribution in [0.1, 0.15) is 0 Å². The highest BCUT2D eigenvalue weighted by atomic mass is 127. The Morgan fingerprint density at radius 3 is 2.58 bits per heavy atom. The van der Waals surface area contributed by atoms with Crippen molar-refractivity contribution in [3.8, 4) is 16.9 Å². The van der Waals surface area contributed by atoms with E-state index in [1.807, 2.05) is 24.3 Å². The van der Waals surface area contributed by atoms with Crippen molar-refractivity contribution >= 4 is 35.2 Å². The zero-order valence-corrected chi connectivity index (χ0v) is 9.30. The van der Waals surface area contributed by atoms with Crippen LogP contribution in [0.25, 0.3) is 0 Å². The van der Waals surface area contributed by atoms with Gasteiger partial charge in [0, 0.05) is 3.57 Å². The summed E-state index contributed by atoms with van der Waals surface area (Å²) >= 11 is 5.99. The molecule has 0 fully saturated rings. The van der Waals surface area contributed by atoms with Gasteiger partial charge in [-0.3, -0.25) is 0 Å². The second-order valence-corrected chi connectivity index (χ2v) is 3.50. The molecule has 0 N–H and O–H groups in total. The second-order valence-electron chi connectivity index (χ2n) is 2.03. The SMILES string of the molecule is SC#CCOc1ccc(I)cc1. The number of benzene rings is 1. The van der Waals surface area contributed by atoms with Gasteiger partial charge in [-0.2, -0.15) is 0 Å². The molecule has 0 saturated heterocycles. The largest absolute Gasteiger partial charge is 0.481 e. The standard InChI is InChI=1S/C9H7IOS/c10-8-2-4-9(5-3-8)11-6-1-7-12/h2-5,12H,6H2. The van der Waals surface area contributed by atoms with Crippen LogP contribution in [-0.2, 0) is 0 Å². The number of ether oxygens (including phenoxy) is 1. The molecule has 0 aliphatic rings. The van der Waals surface area contributed by atoms with Crippen molar-refractivity contribution < 1.29 is 4.74 Å². The van der Waals surface area contributed by atoms with E-state index in [1.54, 1.807) is 0 Å². The molecule has 0 bridgehead atoms. The lowest BCUT2D eigenvalue weighted by Gasteiger charge is -2.00. The van der Waals surface area contributed by atoms with Crippen molar-refractivity contribution in [3.05, 3.63) is 27.8 Å². The lowest BCUT2D eigenvalue weighted by Crippen LogP contribution is -1.92. The van der Waals surface area contributed by atoms with Gasteiger partial charge in [0.25, 0.3) is 0 Å². The Hall–Kier alpha value is -0.340. The average molecular weight is 290 g/mol. The molecule has 0 radical (unpaired) electrons. The van der Waals surface area contributed by atoms with Gasteiger partial charge in [-0.1, -0.05) is 18.5 Å². The maximum Gasteiger partial charge on any atom is 0.149 e. The molecule has 1 rings (SSSR count). The van der Waals surface area contributed by atoms with Crippen molar-refractivity contribution in [2.45, 2.75) is 0 Å². The van der Waals surface area contributed by atoms with Crippen LogP contribution in [0, 0.1) is 14.7 Å². The summed E-state index contributed by atoms with van der Waals surface area (Å²) in [5.41, 5.74) is 0. The summed E-state index contributed by atoms with van der Waals surface area (Å²) in [6.45, 7) is 0.393. The fraction of sp³-hybridized carbons (Fsp3) is 0.111. The van der Waals surface area contributed by atoms with E-state index < -0.39 is 0 Å². The molecular weight excluding hydrogens is 283 g/mol. The summed E-state index contributed by atoms with van der Waals surface area (Å²) in [5, 5.41) is 2.47. The molecule has 62 valence electrons. The normalized spacial score (nSPS) is 8.50. The summed E-state index contributed by atoms with van der Waals surface area (Å²) in [6.07, 6.45) is 0. The van der Waals surface area contributed by atoms with Crippen molar-refractivity contribution in [1.82, 2.24) is 0 Å². The summed E-state index contributed by atoms with van der Waals surface area (Å²) in [7, 11) is 0. The molecule has 0 atom stereocenters. The van der Waals surface area contributed by atoms with Gasteiger partial charge >= 0.3 is 0 Å². The molecule has 0 unspecified atom stereocenters. The highest BCUT2D eigenvalue weighted by molar-refractivity contribution is 14.1. The van der Waals surface area contributed by atoms with Crippen LogP contribution in [0.5, 0.6) is 5.75 Å². The third-order valence-corrected chi connectivity index (χ3v) is 2.08. The topological polar surface area (TPSA) is 9.23 Å². The molecule has 0 saturated carbocycles. The first kappa shape index (κ1) is 9.75. The van der Waals surface area contributed by atoms with Crippen molar-refractivity contribution in [1.29, 1.82) is 0 Å².